The van der Waals surface area contributed by atoms with Gasteiger partial charge in [0.05, 0.1) is 7.11 Å². The first-order valence-corrected chi connectivity index (χ1v) is 7.80. The number of nitrogens with one attached hydrogen (secondary N) is 2. The Kier molecular flexibility index (Phi) is 6.42. The highest BCUT2D eigenvalue weighted by Gasteiger charge is 2.02. The molecular formula is C18H18ClN3O3. The summed E-state index contributed by atoms with van der Waals surface area (Å²) in [7, 11) is 1.55. The lowest BCUT2D eigenvalue weighted by Crippen LogP contribution is -2.20. The zero-order valence-corrected chi connectivity index (χ0v) is 14.3. The van der Waals surface area contributed by atoms with Gasteiger partial charge in [0.25, 0.3) is 0 Å². The highest BCUT2D eigenvalue weighted by molar-refractivity contribution is 6.30. The lowest BCUT2D eigenvalue weighted by molar-refractivity contribution is -0.116. The minimum absolute atomic E-state index is 0.249. The number of urea groups is 1. The molecule has 2 aromatic carbocycles. The van der Waals surface area contributed by atoms with Crippen molar-refractivity contribution in [2.45, 2.75) is 6.54 Å². The molecule has 6 nitrogen and oxygen atoms in total. The van der Waals surface area contributed by atoms with E-state index in [1.165, 1.54) is 6.08 Å². The monoisotopic (exact) mass is 359 g/mol. The van der Waals surface area contributed by atoms with Crippen LogP contribution < -0.4 is 21.1 Å². The Morgan fingerprint density at radius 3 is 2.56 bits per heavy atom. The van der Waals surface area contributed by atoms with Gasteiger partial charge in [-0.2, -0.15) is 0 Å². The third-order valence-corrected chi connectivity index (χ3v) is 3.53. The summed E-state index contributed by atoms with van der Waals surface area (Å²) in [6, 6.07) is 11.5. The molecule has 0 aliphatic rings. The fourth-order valence-electron chi connectivity index (χ4n) is 2.10. The minimum atomic E-state index is -0.623. The van der Waals surface area contributed by atoms with E-state index in [4.69, 9.17) is 22.1 Å². The number of halogens is 1. The van der Waals surface area contributed by atoms with Gasteiger partial charge in [-0.15, -0.1) is 0 Å². The number of rotatable bonds is 6. The fourth-order valence-corrected chi connectivity index (χ4v) is 2.28. The van der Waals surface area contributed by atoms with Gasteiger partial charge in [-0.25, -0.2) is 4.79 Å². The van der Waals surface area contributed by atoms with Crippen LogP contribution in [-0.4, -0.2) is 19.0 Å². The summed E-state index contributed by atoms with van der Waals surface area (Å²) in [5.41, 5.74) is 7.23. The van der Waals surface area contributed by atoms with E-state index in [-0.39, 0.29) is 5.91 Å². The van der Waals surface area contributed by atoms with Crippen molar-refractivity contribution in [1.82, 2.24) is 5.32 Å². The van der Waals surface area contributed by atoms with E-state index in [0.717, 1.165) is 5.56 Å². The quantitative estimate of drug-likeness (QED) is 0.691. The van der Waals surface area contributed by atoms with Crippen LogP contribution in [0.2, 0.25) is 5.02 Å². The van der Waals surface area contributed by atoms with E-state index >= 15 is 0 Å². The Bertz CT molecular complexity index is 789. The molecule has 0 aliphatic carbocycles. The second-order valence-corrected chi connectivity index (χ2v) is 5.56. The van der Waals surface area contributed by atoms with E-state index in [1.54, 1.807) is 55.7 Å². The average Bonchev–Trinajstić information content (AvgIpc) is 2.59. The number of nitrogens with two attached hydrogens (primary N) is 1. The van der Waals surface area contributed by atoms with Gasteiger partial charge in [-0.05, 0) is 42.0 Å². The smallest absolute Gasteiger partial charge is 0.316 e. The van der Waals surface area contributed by atoms with Crippen molar-refractivity contribution in [3.05, 3.63) is 64.7 Å². The molecule has 0 saturated heterocycles. The molecule has 0 atom stereocenters. The normalized spacial score (nSPS) is 10.5. The van der Waals surface area contributed by atoms with E-state index in [1.807, 2.05) is 0 Å². The second kappa shape index (κ2) is 8.75. The standard InChI is InChI=1S/C18H18ClN3O3/c1-25-16-8-5-14(19)10-13(16)4-9-17(23)21-11-12-2-6-15(7-3-12)22-18(20)24/h2-10H,11H2,1H3,(H,21,23)(H3,20,22,24)/b9-4+. The molecule has 0 saturated carbocycles. The summed E-state index contributed by atoms with van der Waals surface area (Å²) in [5.74, 6) is 0.382. The lowest BCUT2D eigenvalue weighted by Gasteiger charge is -2.06. The van der Waals surface area contributed by atoms with E-state index in [0.29, 0.717) is 28.6 Å². The molecule has 0 fully saturated rings. The average molecular weight is 360 g/mol. The Hall–Kier alpha value is -2.99. The number of methoxy groups -OCH3 is 1. The summed E-state index contributed by atoms with van der Waals surface area (Å²) in [6.45, 7) is 0.354. The second-order valence-electron chi connectivity index (χ2n) is 5.12. The molecule has 0 aliphatic heterocycles. The summed E-state index contributed by atoms with van der Waals surface area (Å²) < 4.78 is 5.22. The first-order chi connectivity index (χ1) is 12.0. The summed E-state index contributed by atoms with van der Waals surface area (Å²) in [6.07, 6.45) is 3.05. The van der Waals surface area contributed by atoms with Crippen molar-refractivity contribution in [2.24, 2.45) is 5.73 Å². The number of primary amides is 1. The molecule has 0 aromatic heterocycles. The molecule has 0 heterocycles. The van der Waals surface area contributed by atoms with Crippen LogP contribution in [0.4, 0.5) is 10.5 Å². The number of ether oxygens (including phenoxy) is 1. The number of carbonyl (C=O) groups excluding carboxylic acids is 2. The molecule has 0 radical (unpaired) electrons. The van der Waals surface area contributed by atoms with Crippen LogP contribution in [0.15, 0.2) is 48.5 Å². The van der Waals surface area contributed by atoms with Gasteiger partial charge in [0.2, 0.25) is 5.91 Å². The molecule has 7 heteroatoms. The summed E-state index contributed by atoms with van der Waals surface area (Å²) >= 11 is 5.95. The van der Waals surface area contributed by atoms with Crippen LogP contribution in [0.25, 0.3) is 6.08 Å². The van der Waals surface area contributed by atoms with Crippen molar-refractivity contribution in [3.8, 4) is 5.75 Å². The summed E-state index contributed by atoms with van der Waals surface area (Å²) in [5, 5.41) is 5.80. The van der Waals surface area contributed by atoms with Gasteiger partial charge in [0.1, 0.15) is 5.75 Å². The third-order valence-electron chi connectivity index (χ3n) is 3.29. The van der Waals surface area contributed by atoms with E-state index in [9.17, 15) is 9.59 Å². The van der Waals surface area contributed by atoms with E-state index < -0.39 is 6.03 Å². The van der Waals surface area contributed by atoms with Crippen LogP contribution in [0.5, 0.6) is 5.75 Å². The largest absolute Gasteiger partial charge is 0.496 e. The number of carbonyl (C=O) groups is 2. The number of amides is 3. The Morgan fingerprint density at radius 1 is 1.20 bits per heavy atom. The first-order valence-electron chi connectivity index (χ1n) is 7.43. The van der Waals surface area contributed by atoms with Crippen LogP contribution in [-0.2, 0) is 11.3 Å². The molecule has 0 bridgehead atoms. The number of hydrogen-bond donors (Lipinski definition) is 3. The first kappa shape index (κ1) is 18.4. The van der Waals surface area contributed by atoms with E-state index in [2.05, 4.69) is 10.6 Å². The Morgan fingerprint density at radius 2 is 1.92 bits per heavy atom. The maximum Gasteiger partial charge on any atom is 0.316 e. The van der Waals surface area contributed by atoms with Crippen LogP contribution >= 0.6 is 11.6 Å². The van der Waals surface area contributed by atoms with Crippen molar-refractivity contribution < 1.29 is 14.3 Å². The van der Waals surface area contributed by atoms with Crippen LogP contribution in [0, 0.1) is 0 Å². The third kappa shape index (κ3) is 5.86. The van der Waals surface area contributed by atoms with Crippen molar-refractivity contribution in [2.75, 3.05) is 12.4 Å². The van der Waals surface area contributed by atoms with Crippen molar-refractivity contribution in [3.63, 3.8) is 0 Å². The van der Waals surface area contributed by atoms with Crippen molar-refractivity contribution in [1.29, 1.82) is 0 Å². The molecule has 0 unspecified atom stereocenters. The lowest BCUT2D eigenvalue weighted by atomic mass is 10.2. The maximum absolute atomic E-state index is 11.9. The molecule has 3 amide bonds. The van der Waals surface area contributed by atoms with Gasteiger partial charge < -0.3 is 21.1 Å². The number of hydrogen-bond acceptors (Lipinski definition) is 3. The van der Waals surface area contributed by atoms with Gasteiger partial charge in [0, 0.05) is 28.9 Å². The van der Waals surface area contributed by atoms with Gasteiger partial charge in [-0.3, -0.25) is 4.79 Å². The minimum Gasteiger partial charge on any atom is -0.496 e. The Labute approximate surface area is 150 Å². The molecule has 2 aromatic rings. The van der Waals surface area contributed by atoms with Crippen LogP contribution in [0.1, 0.15) is 11.1 Å². The maximum atomic E-state index is 11.9. The molecular weight excluding hydrogens is 342 g/mol. The molecule has 25 heavy (non-hydrogen) atoms. The zero-order chi connectivity index (χ0) is 18.2. The summed E-state index contributed by atoms with van der Waals surface area (Å²) in [4.78, 5) is 22.7. The highest BCUT2D eigenvalue weighted by atomic mass is 35.5. The highest BCUT2D eigenvalue weighted by Crippen LogP contribution is 2.23. The number of benzene rings is 2. The predicted molar refractivity (Wildman–Crippen MR) is 98.5 cm³/mol. The Balaban J connectivity index is 1.92. The predicted octanol–water partition coefficient (Wildman–Crippen LogP) is 3.17. The van der Waals surface area contributed by atoms with Gasteiger partial charge in [0.15, 0.2) is 0 Å². The zero-order valence-electron chi connectivity index (χ0n) is 13.6. The molecule has 2 rings (SSSR count). The van der Waals surface area contributed by atoms with Gasteiger partial charge in [-0.1, -0.05) is 23.7 Å². The van der Waals surface area contributed by atoms with Crippen LogP contribution in [0.3, 0.4) is 0 Å². The topological polar surface area (TPSA) is 93.4 Å². The molecule has 0 spiro atoms. The van der Waals surface area contributed by atoms with Gasteiger partial charge >= 0.3 is 6.03 Å². The SMILES string of the molecule is COc1ccc(Cl)cc1/C=C/C(=O)NCc1ccc(NC(N)=O)cc1. The molecule has 130 valence electrons. The van der Waals surface area contributed by atoms with Crippen molar-refractivity contribution >= 4 is 35.3 Å². The number of anilines is 1. The fraction of sp³-hybridized carbons (Fsp3) is 0.111. The molecule has 4 N–H and O–H groups in total.